The predicted molar refractivity (Wildman–Crippen MR) is 68.5 cm³/mol. The summed E-state index contributed by atoms with van der Waals surface area (Å²) in [6.45, 7) is 6.97. The lowest BCUT2D eigenvalue weighted by Gasteiger charge is -2.26. The van der Waals surface area contributed by atoms with Gasteiger partial charge in [-0.2, -0.15) is 0 Å². The van der Waals surface area contributed by atoms with Gasteiger partial charge in [0.25, 0.3) is 5.91 Å². The van der Waals surface area contributed by atoms with Crippen LogP contribution in [0, 0.1) is 0 Å². The van der Waals surface area contributed by atoms with Crippen molar-refractivity contribution in [2.45, 2.75) is 33.2 Å². The molecule has 1 aromatic rings. The highest BCUT2D eigenvalue weighted by Gasteiger charge is 2.21. The Bertz CT molecular complexity index is 337. The first-order chi connectivity index (χ1) is 7.11. The van der Waals surface area contributed by atoms with Gasteiger partial charge in [-0.1, -0.05) is 6.92 Å². The van der Waals surface area contributed by atoms with Gasteiger partial charge < -0.3 is 4.90 Å². The number of amides is 1. The van der Waals surface area contributed by atoms with Gasteiger partial charge in [-0.15, -0.1) is 11.3 Å². The smallest absolute Gasteiger partial charge is 0.265 e. The van der Waals surface area contributed by atoms with Crippen LogP contribution in [0.1, 0.15) is 36.9 Å². The van der Waals surface area contributed by atoms with Crippen molar-refractivity contribution in [1.82, 2.24) is 4.90 Å². The Morgan fingerprint density at radius 1 is 1.60 bits per heavy atom. The molecule has 1 aromatic heterocycles. The largest absolute Gasteiger partial charge is 0.336 e. The van der Waals surface area contributed by atoms with Gasteiger partial charge in [-0.3, -0.25) is 4.79 Å². The third kappa shape index (κ3) is 2.82. The molecule has 0 radical (unpaired) electrons. The summed E-state index contributed by atoms with van der Waals surface area (Å²) in [4.78, 5) is 14.9. The molecule has 0 aliphatic rings. The normalized spacial score (nSPS) is 12.5. The summed E-state index contributed by atoms with van der Waals surface area (Å²) < 4.78 is 0.902. The number of rotatable bonds is 4. The summed E-state index contributed by atoms with van der Waals surface area (Å²) in [5.74, 6) is 0.133. The van der Waals surface area contributed by atoms with E-state index in [9.17, 15) is 4.79 Å². The second-order valence-electron chi connectivity index (χ2n) is 3.45. The Morgan fingerprint density at radius 3 is 2.67 bits per heavy atom. The number of hydrogen-bond donors (Lipinski definition) is 0. The number of hydrogen-bond acceptors (Lipinski definition) is 2. The molecule has 4 heteroatoms. The summed E-state index contributed by atoms with van der Waals surface area (Å²) in [6.07, 6.45) is 0.989. The van der Waals surface area contributed by atoms with Crippen LogP contribution in [-0.4, -0.2) is 23.4 Å². The molecule has 0 fully saturated rings. The van der Waals surface area contributed by atoms with Crippen LogP contribution < -0.4 is 0 Å². The molecule has 1 heterocycles. The lowest BCUT2D eigenvalue weighted by Crippen LogP contribution is -2.37. The standard InChI is InChI=1S/C11H16BrNOS/c1-4-8(3)13(5-2)11(14)10-9(12)6-7-15-10/h6-8H,4-5H2,1-3H3. The second kappa shape index (κ2) is 5.66. The highest BCUT2D eigenvalue weighted by Crippen LogP contribution is 2.25. The van der Waals surface area contributed by atoms with Gasteiger partial charge in [0.05, 0.1) is 0 Å². The van der Waals surface area contributed by atoms with E-state index in [-0.39, 0.29) is 5.91 Å². The molecule has 0 aromatic carbocycles. The minimum atomic E-state index is 0.133. The van der Waals surface area contributed by atoms with Gasteiger partial charge in [0.15, 0.2) is 0 Å². The van der Waals surface area contributed by atoms with Gasteiger partial charge in [0, 0.05) is 17.1 Å². The molecule has 2 nitrogen and oxygen atoms in total. The molecule has 1 atom stereocenters. The Labute approximate surface area is 103 Å². The Kier molecular flexibility index (Phi) is 4.80. The molecule has 84 valence electrons. The van der Waals surface area contributed by atoms with Crippen molar-refractivity contribution in [3.8, 4) is 0 Å². The van der Waals surface area contributed by atoms with E-state index in [1.165, 1.54) is 11.3 Å². The average molecular weight is 290 g/mol. The Morgan fingerprint density at radius 2 is 2.27 bits per heavy atom. The first-order valence-electron chi connectivity index (χ1n) is 5.15. The van der Waals surface area contributed by atoms with E-state index >= 15 is 0 Å². The van der Waals surface area contributed by atoms with Crippen LogP contribution in [-0.2, 0) is 0 Å². The van der Waals surface area contributed by atoms with Crippen LogP contribution in [0.15, 0.2) is 15.9 Å². The summed E-state index contributed by atoms with van der Waals surface area (Å²) in [5, 5.41) is 1.93. The summed E-state index contributed by atoms with van der Waals surface area (Å²) in [7, 11) is 0. The topological polar surface area (TPSA) is 20.3 Å². The molecule has 0 saturated heterocycles. The highest BCUT2D eigenvalue weighted by atomic mass is 79.9. The van der Waals surface area contributed by atoms with E-state index in [0.717, 1.165) is 22.3 Å². The SMILES string of the molecule is CCC(C)N(CC)C(=O)c1sccc1Br. The number of halogens is 1. The molecule has 0 N–H and O–H groups in total. The van der Waals surface area contributed by atoms with Crippen molar-refractivity contribution < 1.29 is 4.79 Å². The second-order valence-corrected chi connectivity index (χ2v) is 5.22. The molecule has 1 rings (SSSR count). The van der Waals surface area contributed by atoms with Crippen molar-refractivity contribution in [3.05, 3.63) is 20.8 Å². The molecule has 0 aliphatic heterocycles. The first kappa shape index (κ1) is 12.7. The molecule has 0 aliphatic carbocycles. The fourth-order valence-corrected chi connectivity index (χ4v) is 2.95. The van der Waals surface area contributed by atoms with Crippen molar-refractivity contribution in [1.29, 1.82) is 0 Å². The highest BCUT2D eigenvalue weighted by molar-refractivity contribution is 9.10. The summed E-state index contributed by atoms with van der Waals surface area (Å²) in [5.41, 5.74) is 0. The van der Waals surface area contributed by atoms with E-state index in [1.807, 2.05) is 23.3 Å². The molecule has 0 spiro atoms. The zero-order valence-electron chi connectivity index (χ0n) is 9.29. The minimum absolute atomic E-state index is 0.133. The maximum absolute atomic E-state index is 12.2. The van der Waals surface area contributed by atoms with Crippen LogP contribution >= 0.6 is 27.3 Å². The van der Waals surface area contributed by atoms with E-state index in [4.69, 9.17) is 0 Å². The molecule has 1 unspecified atom stereocenters. The predicted octanol–water partition coefficient (Wildman–Crippen LogP) is 3.77. The van der Waals surface area contributed by atoms with E-state index < -0.39 is 0 Å². The number of thiophene rings is 1. The van der Waals surface area contributed by atoms with Crippen LogP contribution in [0.5, 0.6) is 0 Å². The van der Waals surface area contributed by atoms with Gasteiger partial charge >= 0.3 is 0 Å². The molecular weight excluding hydrogens is 274 g/mol. The van der Waals surface area contributed by atoms with E-state index in [2.05, 4.69) is 29.8 Å². The Hall–Kier alpha value is -0.350. The molecule has 0 saturated carbocycles. The quantitative estimate of drug-likeness (QED) is 0.826. The van der Waals surface area contributed by atoms with Gasteiger partial charge in [-0.25, -0.2) is 0 Å². The molecule has 15 heavy (non-hydrogen) atoms. The van der Waals surface area contributed by atoms with Crippen LogP contribution in [0.2, 0.25) is 0 Å². The minimum Gasteiger partial charge on any atom is -0.336 e. The number of carbonyl (C=O) groups is 1. The maximum atomic E-state index is 12.2. The van der Waals surface area contributed by atoms with Crippen molar-refractivity contribution >= 4 is 33.2 Å². The summed E-state index contributed by atoms with van der Waals surface area (Å²) >= 11 is 4.89. The summed E-state index contributed by atoms with van der Waals surface area (Å²) in [6, 6.07) is 2.22. The Balaban J connectivity index is 2.87. The zero-order valence-corrected chi connectivity index (χ0v) is 11.7. The molecule has 1 amide bonds. The van der Waals surface area contributed by atoms with Crippen LogP contribution in [0.4, 0.5) is 0 Å². The lowest BCUT2D eigenvalue weighted by atomic mass is 10.2. The van der Waals surface area contributed by atoms with Crippen molar-refractivity contribution in [2.75, 3.05) is 6.54 Å². The maximum Gasteiger partial charge on any atom is 0.265 e. The number of nitrogens with zero attached hydrogens (tertiary/aromatic N) is 1. The van der Waals surface area contributed by atoms with Gasteiger partial charge in [0.2, 0.25) is 0 Å². The fourth-order valence-electron chi connectivity index (χ4n) is 1.45. The fraction of sp³-hybridized carbons (Fsp3) is 0.545. The molecule has 0 bridgehead atoms. The van der Waals surface area contributed by atoms with Crippen LogP contribution in [0.25, 0.3) is 0 Å². The van der Waals surface area contributed by atoms with E-state index in [1.54, 1.807) is 0 Å². The monoisotopic (exact) mass is 289 g/mol. The zero-order chi connectivity index (χ0) is 11.4. The van der Waals surface area contributed by atoms with E-state index in [0.29, 0.717) is 6.04 Å². The third-order valence-corrected chi connectivity index (χ3v) is 4.36. The lowest BCUT2D eigenvalue weighted by molar-refractivity contribution is 0.0704. The van der Waals surface area contributed by atoms with Crippen molar-refractivity contribution in [3.63, 3.8) is 0 Å². The first-order valence-corrected chi connectivity index (χ1v) is 6.83. The van der Waals surface area contributed by atoms with Gasteiger partial charge in [-0.05, 0) is 47.6 Å². The van der Waals surface area contributed by atoms with Crippen molar-refractivity contribution in [2.24, 2.45) is 0 Å². The van der Waals surface area contributed by atoms with Crippen LogP contribution in [0.3, 0.4) is 0 Å². The van der Waals surface area contributed by atoms with Gasteiger partial charge in [0.1, 0.15) is 4.88 Å². The molecular formula is C11H16BrNOS. The number of carbonyl (C=O) groups excluding carboxylic acids is 1. The third-order valence-electron chi connectivity index (χ3n) is 2.54. The average Bonchev–Trinajstić information content (AvgIpc) is 2.65.